The molecule has 0 aromatic carbocycles. The number of nitrogens with two attached hydrogens (primary N) is 3. The van der Waals surface area contributed by atoms with E-state index in [1.807, 2.05) is 0 Å². The summed E-state index contributed by atoms with van der Waals surface area (Å²) in [6.45, 7) is 0. The van der Waals surface area contributed by atoms with Crippen LogP contribution in [0.1, 0.15) is 0 Å². The zero-order valence-electron chi connectivity index (χ0n) is 6.38. The predicted octanol–water partition coefficient (Wildman–Crippen LogP) is -0.416. The van der Waals surface area contributed by atoms with Crippen molar-refractivity contribution >= 4 is 47.5 Å². The van der Waals surface area contributed by atoms with E-state index >= 15 is 0 Å². The van der Waals surface area contributed by atoms with Crippen LogP contribution in [0, 0.1) is 0 Å². The van der Waals surface area contributed by atoms with Crippen LogP contribution in [-0.4, -0.2) is 19.4 Å². The Morgan fingerprint density at radius 3 is 1.23 bits per heavy atom. The lowest BCUT2D eigenvalue weighted by molar-refractivity contribution is 0.277. The maximum Gasteiger partial charge on any atom is 0.239 e. The lowest BCUT2D eigenvalue weighted by Crippen LogP contribution is -2.05. The van der Waals surface area contributed by atoms with Gasteiger partial charge in [0.05, 0.1) is 0 Å². The van der Waals surface area contributed by atoms with Crippen LogP contribution in [0.25, 0.3) is 0 Å². The summed E-state index contributed by atoms with van der Waals surface area (Å²) < 4.78 is -0.444. The molecule has 1 rings (SSSR count). The van der Waals surface area contributed by atoms with Crippen LogP contribution >= 0.6 is 25.3 Å². The molecule has 7 nitrogen and oxygen atoms in total. The molecule has 9 heteroatoms. The van der Waals surface area contributed by atoms with E-state index in [2.05, 4.69) is 40.2 Å². The number of hydrogen-bond acceptors (Lipinski definition) is 7. The number of nitrogen functional groups attached to an aromatic ring is 3. The number of carbonyl (C=O) groups excluding carboxylic acids is 1. The molecule has 1 aromatic heterocycles. The van der Waals surface area contributed by atoms with E-state index in [4.69, 9.17) is 17.2 Å². The SMILES string of the molecule is Nc1nc(N)nc(N)n1.O=C(S)S. The molecule has 1 heterocycles. The highest BCUT2D eigenvalue weighted by molar-refractivity contribution is 8.23. The zero-order chi connectivity index (χ0) is 10.4. The highest BCUT2D eigenvalue weighted by Crippen LogP contribution is 1.97. The molecule has 0 fully saturated rings. The van der Waals surface area contributed by atoms with Crippen molar-refractivity contribution in [3.63, 3.8) is 0 Å². The quantitative estimate of drug-likeness (QED) is 0.375. The third kappa shape index (κ3) is 7.15. The largest absolute Gasteiger partial charge is 0.368 e. The molecule has 0 aliphatic heterocycles. The van der Waals surface area contributed by atoms with Crippen molar-refractivity contribution in [1.82, 2.24) is 15.0 Å². The van der Waals surface area contributed by atoms with Gasteiger partial charge in [0.25, 0.3) is 0 Å². The zero-order valence-corrected chi connectivity index (χ0v) is 8.17. The Labute approximate surface area is 85.0 Å². The van der Waals surface area contributed by atoms with E-state index in [1.54, 1.807) is 0 Å². The van der Waals surface area contributed by atoms with Crippen LogP contribution < -0.4 is 17.2 Å². The van der Waals surface area contributed by atoms with Crippen molar-refractivity contribution in [3.05, 3.63) is 0 Å². The number of hydrogen-bond donors (Lipinski definition) is 5. The van der Waals surface area contributed by atoms with Gasteiger partial charge in [-0.05, 0) is 0 Å². The Kier molecular flexibility index (Phi) is 4.92. The first-order valence-electron chi connectivity index (χ1n) is 2.86. The second-order valence-electron chi connectivity index (χ2n) is 1.69. The lowest BCUT2D eigenvalue weighted by atomic mass is 10.9. The molecule has 0 radical (unpaired) electrons. The second kappa shape index (κ2) is 5.43. The van der Waals surface area contributed by atoms with E-state index < -0.39 is 4.45 Å². The number of thiol groups is 2. The van der Waals surface area contributed by atoms with Crippen LogP contribution in [0.3, 0.4) is 0 Å². The topological polar surface area (TPSA) is 134 Å². The normalized spacial score (nSPS) is 8.46. The molecule has 1 aromatic rings. The molecule has 0 atom stereocenters. The third-order valence-corrected chi connectivity index (χ3v) is 0.687. The van der Waals surface area contributed by atoms with Crippen molar-refractivity contribution in [2.75, 3.05) is 17.2 Å². The van der Waals surface area contributed by atoms with Gasteiger partial charge in [-0.25, -0.2) is 0 Å². The van der Waals surface area contributed by atoms with E-state index in [0.29, 0.717) is 0 Å². The van der Waals surface area contributed by atoms with E-state index in [9.17, 15) is 4.79 Å². The molecular formula is C4H8N6OS2. The van der Waals surface area contributed by atoms with Crippen LogP contribution in [0.4, 0.5) is 22.6 Å². The number of rotatable bonds is 0. The van der Waals surface area contributed by atoms with Gasteiger partial charge in [-0.1, -0.05) is 25.3 Å². The number of anilines is 3. The monoisotopic (exact) mass is 220 g/mol. The maximum absolute atomic E-state index is 9.17. The summed E-state index contributed by atoms with van der Waals surface area (Å²) in [7, 11) is 0. The summed E-state index contributed by atoms with van der Waals surface area (Å²) in [5, 5.41) is 0. The Bertz CT molecular complexity index is 250. The van der Waals surface area contributed by atoms with Crippen molar-refractivity contribution in [2.24, 2.45) is 0 Å². The number of aromatic nitrogens is 3. The molecule has 0 unspecified atom stereocenters. The summed E-state index contributed by atoms with van der Waals surface area (Å²) >= 11 is 6.38. The van der Waals surface area contributed by atoms with Gasteiger partial charge < -0.3 is 17.2 Å². The van der Waals surface area contributed by atoms with E-state index in [-0.39, 0.29) is 17.8 Å². The Morgan fingerprint density at radius 2 is 1.08 bits per heavy atom. The summed E-state index contributed by atoms with van der Waals surface area (Å²) in [4.78, 5) is 19.6. The molecule has 0 saturated carbocycles. The Hall–Kier alpha value is -1.22. The molecule has 0 aliphatic rings. The number of carbonyl (C=O) groups is 1. The van der Waals surface area contributed by atoms with Crippen LogP contribution in [0.2, 0.25) is 0 Å². The fourth-order valence-corrected chi connectivity index (χ4v) is 0.427. The summed E-state index contributed by atoms with van der Waals surface area (Å²) in [6.07, 6.45) is 0. The van der Waals surface area contributed by atoms with Crippen molar-refractivity contribution in [2.45, 2.75) is 0 Å². The summed E-state index contributed by atoms with van der Waals surface area (Å²) in [5.41, 5.74) is 15.4. The Morgan fingerprint density at radius 1 is 0.923 bits per heavy atom. The van der Waals surface area contributed by atoms with Crippen LogP contribution in [0.15, 0.2) is 0 Å². The van der Waals surface area contributed by atoms with Gasteiger partial charge in [0.1, 0.15) is 0 Å². The molecule has 13 heavy (non-hydrogen) atoms. The minimum Gasteiger partial charge on any atom is -0.368 e. The molecule has 0 spiro atoms. The standard InChI is InChI=1S/C3H6N6.CH2OS2/c4-1-7-2(5)9-3(6)8-1;2-1(3)4/h(H6,4,5,6,7,8,9);(H2,2,3,4). The maximum atomic E-state index is 9.17. The summed E-state index contributed by atoms with van der Waals surface area (Å²) in [6, 6.07) is 0. The van der Waals surface area contributed by atoms with Crippen LogP contribution in [0.5, 0.6) is 0 Å². The second-order valence-corrected chi connectivity index (χ2v) is 2.86. The van der Waals surface area contributed by atoms with Crippen molar-refractivity contribution < 1.29 is 4.79 Å². The third-order valence-electron chi connectivity index (χ3n) is 0.687. The first-order valence-corrected chi connectivity index (χ1v) is 3.75. The lowest BCUT2D eigenvalue weighted by Gasteiger charge is -1.93. The van der Waals surface area contributed by atoms with E-state index in [1.165, 1.54) is 0 Å². The van der Waals surface area contributed by atoms with Gasteiger partial charge in [-0.15, -0.1) is 0 Å². The summed E-state index contributed by atoms with van der Waals surface area (Å²) in [5.74, 6) is 0.125. The predicted molar refractivity (Wildman–Crippen MR) is 56.4 cm³/mol. The van der Waals surface area contributed by atoms with Gasteiger partial charge >= 0.3 is 0 Å². The highest BCUT2D eigenvalue weighted by Gasteiger charge is 1.93. The van der Waals surface area contributed by atoms with Crippen LogP contribution in [-0.2, 0) is 0 Å². The van der Waals surface area contributed by atoms with Gasteiger partial charge in [0.2, 0.25) is 22.3 Å². The molecule has 72 valence electrons. The molecule has 6 N–H and O–H groups in total. The first-order chi connectivity index (χ1) is 5.91. The Balaban J connectivity index is 0.000000310. The van der Waals surface area contributed by atoms with Crippen molar-refractivity contribution in [3.8, 4) is 0 Å². The van der Waals surface area contributed by atoms with E-state index in [0.717, 1.165) is 0 Å². The fraction of sp³-hybridized carbons (Fsp3) is 0. The van der Waals surface area contributed by atoms with Gasteiger partial charge in [0.15, 0.2) is 0 Å². The smallest absolute Gasteiger partial charge is 0.239 e. The molecule has 0 amide bonds. The van der Waals surface area contributed by atoms with Gasteiger partial charge in [-0.3, -0.25) is 4.79 Å². The molecular weight excluding hydrogens is 212 g/mol. The average Bonchev–Trinajstić information content (AvgIpc) is 1.80. The molecule has 0 aliphatic carbocycles. The highest BCUT2D eigenvalue weighted by atomic mass is 32.2. The minimum absolute atomic E-state index is 0.0417. The van der Waals surface area contributed by atoms with Crippen molar-refractivity contribution in [1.29, 1.82) is 0 Å². The molecule has 0 saturated heterocycles. The van der Waals surface area contributed by atoms with Gasteiger partial charge in [0, 0.05) is 0 Å². The number of nitrogens with zero attached hydrogens (tertiary/aromatic N) is 3. The fourth-order valence-electron chi connectivity index (χ4n) is 0.427. The minimum atomic E-state index is -0.444. The first kappa shape index (κ1) is 11.8. The average molecular weight is 220 g/mol. The van der Waals surface area contributed by atoms with Gasteiger partial charge in [-0.2, -0.15) is 15.0 Å². The molecule has 0 bridgehead atoms.